The van der Waals surface area contributed by atoms with Crippen LogP contribution in [-0.2, 0) is 21.5 Å². The number of carbonyl (C=O) groups is 1. The molecule has 0 aliphatic rings. The van der Waals surface area contributed by atoms with E-state index in [1.54, 1.807) is 12.1 Å². The number of methoxy groups -OCH3 is 1. The van der Waals surface area contributed by atoms with Gasteiger partial charge in [-0.05, 0) is 56.2 Å². The number of hydrogen-bond acceptors (Lipinski definition) is 5. The van der Waals surface area contributed by atoms with Gasteiger partial charge < -0.3 is 13.8 Å². The first-order valence-corrected chi connectivity index (χ1v) is 11.7. The van der Waals surface area contributed by atoms with Crippen LogP contribution in [0.5, 0.6) is 11.5 Å². The van der Waals surface area contributed by atoms with Crippen molar-refractivity contribution in [3.8, 4) is 11.5 Å². The van der Waals surface area contributed by atoms with E-state index in [0.717, 1.165) is 12.0 Å². The van der Waals surface area contributed by atoms with Crippen LogP contribution in [0.4, 0.5) is 0 Å². The SMILES string of the molecule is CCS(=O)(=O)Oc1cc(CN(C(=O)C[C@@H](C)CC(C)(C)C)C(C)C)ccc1OC. The third kappa shape index (κ3) is 8.64. The minimum absolute atomic E-state index is 0.0233. The van der Waals surface area contributed by atoms with Gasteiger partial charge in [0.2, 0.25) is 5.91 Å². The molecule has 0 bridgehead atoms. The van der Waals surface area contributed by atoms with Gasteiger partial charge in [-0.3, -0.25) is 4.79 Å². The van der Waals surface area contributed by atoms with Crippen LogP contribution in [-0.4, -0.2) is 38.1 Å². The van der Waals surface area contributed by atoms with Crippen LogP contribution in [0, 0.1) is 11.3 Å². The molecule has 1 amide bonds. The highest BCUT2D eigenvalue weighted by molar-refractivity contribution is 7.87. The molecule has 0 aromatic heterocycles. The Morgan fingerprint density at radius 2 is 1.76 bits per heavy atom. The van der Waals surface area contributed by atoms with E-state index >= 15 is 0 Å². The molecule has 0 fully saturated rings. The van der Waals surface area contributed by atoms with E-state index in [1.165, 1.54) is 14.0 Å². The first kappa shape index (κ1) is 25.3. The first-order chi connectivity index (χ1) is 13.3. The van der Waals surface area contributed by atoms with Gasteiger partial charge in [-0.25, -0.2) is 0 Å². The lowest BCUT2D eigenvalue weighted by Gasteiger charge is -2.30. The maximum absolute atomic E-state index is 12.9. The average molecular weight is 428 g/mol. The number of hydrogen-bond donors (Lipinski definition) is 0. The van der Waals surface area contributed by atoms with Crippen molar-refractivity contribution in [3.63, 3.8) is 0 Å². The van der Waals surface area contributed by atoms with Crippen molar-refractivity contribution >= 4 is 16.0 Å². The molecule has 0 heterocycles. The molecule has 1 aromatic rings. The Bertz CT molecular complexity index is 781. The third-order valence-corrected chi connectivity index (χ3v) is 5.72. The van der Waals surface area contributed by atoms with E-state index in [4.69, 9.17) is 8.92 Å². The van der Waals surface area contributed by atoms with Gasteiger partial charge in [0.15, 0.2) is 11.5 Å². The number of benzene rings is 1. The second-order valence-electron chi connectivity index (χ2n) is 9.10. The van der Waals surface area contributed by atoms with Crippen LogP contribution in [0.1, 0.15) is 66.9 Å². The molecule has 0 spiro atoms. The van der Waals surface area contributed by atoms with Gasteiger partial charge in [0, 0.05) is 19.0 Å². The number of rotatable bonds is 10. The standard InChI is InChI=1S/C22H37NO5S/c1-9-29(25,26)28-20-13-18(10-11-19(20)27-8)15-23(16(2)3)21(24)12-17(4)14-22(5,6)7/h10-11,13,16-17H,9,12,14-15H2,1-8H3/t17-/m1/s1. The Balaban J connectivity index is 3.02. The van der Waals surface area contributed by atoms with Gasteiger partial charge in [0.25, 0.3) is 0 Å². The van der Waals surface area contributed by atoms with Crippen molar-refractivity contribution in [1.82, 2.24) is 4.90 Å². The van der Waals surface area contributed by atoms with E-state index in [9.17, 15) is 13.2 Å². The zero-order chi connectivity index (χ0) is 22.4. The van der Waals surface area contributed by atoms with E-state index in [0.29, 0.717) is 18.7 Å². The second kappa shape index (κ2) is 10.3. The summed E-state index contributed by atoms with van der Waals surface area (Å²) in [7, 11) is -2.22. The van der Waals surface area contributed by atoms with E-state index in [1.807, 2.05) is 24.8 Å². The summed E-state index contributed by atoms with van der Waals surface area (Å²) in [5.74, 6) is 0.725. The Hall–Kier alpha value is -1.76. The van der Waals surface area contributed by atoms with Crippen molar-refractivity contribution in [1.29, 1.82) is 0 Å². The van der Waals surface area contributed by atoms with Crippen LogP contribution in [0.25, 0.3) is 0 Å². The van der Waals surface area contributed by atoms with Crippen molar-refractivity contribution in [2.75, 3.05) is 12.9 Å². The van der Waals surface area contributed by atoms with Crippen LogP contribution in [0.2, 0.25) is 0 Å². The quantitative estimate of drug-likeness (QED) is 0.509. The van der Waals surface area contributed by atoms with Crippen LogP contribution in [0.3, 0.4) is 0 Å². The highest BCUT2D eigenvalue weighted by atomic mass is 32.2. The number of nitrogens with zero attached hydrogens (tertiary/aromatic N) is 1. The fourth-order valence-electron chi connectivity index (χ4n) is 3.37. The Labute approximate surface area is 176 Å². The molecule has 0 unspecified atom stereocenters. The molecule has 166 valence electrons. The highest BCUT2D eigenvalue weighted by Gasteiger charge is 2.23. The Morgan fingerprint density at radius 1 is 1.14 bits per heavy atom. The van der Waals surface area contributed by atoms with Gasteiger partial charge in [0.1, 0.15) is 0 Å². The largest absolute Gasteiger partial charge is 0.493 e. The van der Waals surface area contributed by atoms with E-state index in [2.05, 4.69) is 27.7 Å². The van der Waals surface area contributed by atoms with Gasteiger partial charge in [-0.15, -0.1) is 0 Å². The summed E-state index contributed by atoms with van der Waals surface area (Å²) in [5.41, 5.74) is 0.965. The second-order valence-corrected chi connectivity index (χ2v) is 11.0. The topological polar surface area (TPSA) is 72.9 Å². The Morgan fingerprint density at radius 3 is 2.24 bits per heavy atom. The summed E-state index contributed by atoms with van der Waals surface area (Å²) in [6.45, 7) is 14.5. The summed E-state index contributed by atoms with van der Waals surface area (Å²) in [6, 6.07) is 5.15. The molecule has 0 radical (unpaired) electrons. The lowest BCUT2D eigenvalue weighted by atomic mass is 9.84. The summed E-state index contributed by atoms with van der Waals surface area (Å²) < 4.78 is 34.2. The van der Waals surface area contributed by atoms with Crippen molar-refractivity contribution in [2.45, 2.75) is 73.9 Å². The van der Waals surface area contributed by atoms with Gasteiger partial charge in [-0.1, -0.05) is 33.8 Å². The maximum Gasteiger partial charge on any atom is 0.309 e. The normalized spacial score (nSPS) is 13.3. The van der Waals surface area contributed by atoms with Crippen LogP contribution in [0.15, 0.2) is 18.2 Å². The van der Waals surface area contributed by atoms with Crippen LogP contribution >= 0.6 is 0 Å². The summed E-state index contributed by atoms with van der Waals surface area (Å²) >= 11 is 0. The Kier molecular flexibility index (Phi) is 9.00. The fraction of sp³-hybridized carbons (Fsp3) is 0.682. The maximum atomic E-state index is 12.9. The molecule has 1 rings (SSSR count). The summed E-state index contributed by atoms with van der Waals surface area (Å²) in [5, 5.41) is 0. The minimum Gasteiger partial charge on any atom is -0.493 e. The average Bonchev–Trinajstić information content (AvgIpc) is 2.57. The number of carbonyl (C=O) groups excluding carboxylic acids is 1. The van der Waals surface area contributed by atoms with Crippen molar-refractivity contribution in [3.05, 3.63) is 23.8 Å². The molecule has 0 saturated carbocycles. The minimum atomic E-state index is -3.68. The summed E-state index contributed by atoms with van der Waals surface area (Å²) in [4.78, 5) is 14.8. The zero-order valence-corrected chi connectivity index (χ0v) is 19.9. The molecule has 7 heteroatoms. The molecule has 6 nitrogen and oxygen atoms in total. The van der Waals surface area contributed by atoms with E-state index in [-0.39, 0.29) is 34.8 Å². The first-order valence-electron chi connectivity index (χ1n) is 10.2. The van der Waals surface area contributed by atoms with E-state index < -0.39 is 10.1 Å². The predicted molar refractivity (Wildman–Crippen MR) is 117 cm³/mol. The molecule has 0 saturated heterocycles. The molecular formula is C22H37NO5S. The van der Waals surface area contributed by atoms with Crippen LogP contribution < -0.4 is 8.92 Å². The fourth-order valence-corrected chi connectivity index (χ4v) is 3.89. The van der Waals surface area contributed by atoms with Gasteiger partial charge in [0.05, 0.1) is 12.9 Å². The molecular weight excluding hydrogens is 390 g/mol. The summed E-state index contributed by atoms with van der Waals surface area (Å²) in [6.07, 6.45) is 1.46. The van der Waals surface area contributed by atoms with Gasteiger partial charge in [-0.2, -0.15) is 8.42 Å². The lowest BCUT2D eigenvalue weighted by Crippen LogP contribution is -2.37. The number of amides is 1. The highest BCUT2D eigenvalue weighted by Crippen LogP contribution is 2.31. The lowest BCUT2D eigenvalue weighted by molar-refractivity contribution is -0.134. The predicted octanol–water partition coefficient (Wildman–Crippen LogP) is 4.62. The molecule has 1 atom stereocenters. The third-order valence-electron chi connectivity index (χ3n) is 4.58. The van der Waals surface area contributed by atoms with Crippen molar-refractivity contribution in [2.24, 2.45) is 11.3 Å². The smallest absolute Gasteiger partial charge is 0.309 e. The molecule has 29 heavy (non-hydrogen) atoms. The monoisotopic (exact) mass is 427 g/mol. The van der Waals surface area contributed by atoms with Gasteiger partial charge >= 0.3 is 10.1 Å². The zero-order valence-electron chi connectivity index (χ0n) is 19.1. The number of ether oxygens (including phenoxy) is 1. The van der Waals surface area contributed by atoms with Crippen molar-refractivity contribution < 1.29 is 22.1 Å². The molecule has 1 aromatic carbocycles. The molecule has 0 aliphatic heterocycles. The molecule has 0 N–H and O–H groups in total. The molecule has 0 aliphatic carbocycles.